The second-order valence-electron chi connectivity index (χ2n) is 5.20. The fourth-order valence-corrected chi connectivity index (χ4v) is 2.98. The molecular formula is C14H22N4O2S. The van der Waals surface area contributed by atoms with Crippen LogP contribution in [0.25, 0.3) is 0 Å². The number of thiazole rings is 1. The molecule has 1 aromatic rings. The van der Waals surface area contributed by atoms with Crippen molar-refractivity contribution in [3.05, 3.63) is 16.6 Å². The van der Waals surface area contributed by atoms with Gasteiger partial charge in [0.05, 0.1) is 6.54 Å². The van der Waals surface area contributed by atoms with Crippen LogP contribution in [0.2, 0.25) is 0 Å². The maximum absolute atomic E-state index is 12.3. The number of amides is 3. The molecule has 2 heterocycles. The van der Waals surface area contributed by atoms with Gasteiger partial charge in [0, 0.05) is 31.7 Å². The number of urea groups is 1. The van der Waals surface area contributed by atoms with Gasteiger partial charge in [-0.15, -0.1) is 11.3 Å². The predicted octanol–water partition coefficient (Wildman–Crippen LogP) is 1.69. The lowest BCUT2D eigenvalue weighted by molar-refractivity contribution is -0.138. The molecule has 0 spiro atoms. The number of nitrogens with one attached hydrogen (secondary N) is 1. The molecule has 1 fully saturated rings. The Morgan fingerprint density at radius 1 is 1.52 bits per heavy atom. The first-order chi connectivity index (χ1) is 10.1. The van der Waals surface area contributed by atoms with Crippen LogP contribution in [0.4, 0.5) is 4.79 Å². The Balaban J connectivity index is 1.97. The Bertz CT molecular complexity index is 477. The van der Waals surface area contributed by atoms with Crippen LogP contribution in [-0.4, -0.2) is 52.9 Å². The average Bonchev–Trinajstić information content (AvgIpc) is 2.99. The van der Waals surface area contributed by atoms with Crippen LogP contribution in [0.3, 0.4) is 0 Å². The number of rotatable bonds is 5. The minimum absolute atomic E-state index is 0.0408. The molecule has 0 saturated carbocycles. The predicted molar refractivity (Wildman–Crippen MR) is 82.0 cm³/mol. The van der Waals surface area contributed by atoms with E-state index in [2.05, 4.69) is 17.2 Å². The number of hydrogen-bond acceptors (Lipinski definition) is 4. The molecule has 0 aromatic carbocycles. The Labute approximate surface area is 129 Å². The first kappa shape index (κ1) is 15.8. The molecule has 0 unspecified atom stereocenters. The molecule has 7 heteroatoms. The highest BCUT2D eigenvalue weighted by atomic mass is 32.1. The molecule has 2 rings (SSSR count). The van der Waals surface area contributed by atoms with E-state index in [1.807, 2.05) is 5.38 Å². The summed E-state index contributed by atoms with van der Waals surface area (Å²) >= 11 is 1.51. The van der Waals surface area contributed by atoms with E-state index in [1.54, 1.807) is 23.0 Å². The van der Waals surface area contributed by atoms with Gasteiger partial charge in [-0.3, -0.25) is 4.79 Å². The highest BCUT2D eigenvalue weighted by molar-refractivity contribution is 7.09. The van der Waals surface area contributed by atoms with Gasteiger partial charge in [0.2, 0.25) is 5.91 Å². The summed E-state index contributed by atoms with van der Waals surface area (Å²) in [6, 6.07) is -0.507. The maximum atomic E-state index is 12.3. The van der Waals surface area contributed by atoms with Crippen LogP contribution < -0.4 is 5.32 Å². The van der Waals surface area contributed by atoms with Crippen molar-refractivity contribution in [3.8, 4) is 0 Å². The van der Waals surface area contributed by atoms with E-state index in [1.165, 1.54) is 11.3 Å². The topological polar surface area (TPSA) is 65.5 Å². The van der Waals surface area contributed by atoms with Crippen molar-refractivity contribution in [2.24, 2.45) is 0 Å². The maximum Gasteiger partial charge on any atom is 0.318 e. The molecule has 1 atom stereocenters. The van der Waals surface area contributed by atoms with Crippen LogP contribution >= 0.6 is 11.3 Å². The summed E-state index contributed by atoms with van der Waals surface area (Å²) in [6.45, 7) is 3.67. The van der Waals surface area contributed by atoms with Gasteiger partial charge < -0.3 is 15.1 Å². The van der Waals surface area contributed by atoms with E-state index in [4.69, 9.17) is 0 Å². The van der Waals surface area contributed by atoms with Crippen molar-refractivity contribution in [2.75, 3.05) is 20.1 Å². The number of aromatic nitrogens is 1. The number of carbonyl (C=O) groups excluding carboxylic acids is 2. The van der Waals surface area contributed by atoms with Crippen molar-refractivity contribution >= 4 is 23.3 Å². The Morgan fingerprint density at radius 2 is 2.33 bits per heavy atom. The molecule has 0 radical (unpaired) electrons. The first-order valence-corrected chi connectivity index (χ1v) is 8.19. The third kappa shape index (κ3) is 3.93. The molecular weight excluding hydrogens is 288 g/mol. The summed E-state index contributed by atoms with van der Waals surface area (Å²) in [5.41, 5.74) is 0. The van der Waals surface area contributed by atoms with Gasteiger partial charge in [0.15, 0.2) is 0 Å². The summed E-state index contributed by atoms with van der Waals surface area (Å²) in [7, 11) is 1.80. The smallest absolute Gasteiger partial charge is 0.318 e. The normalized spacial score (nSPS) is 19.0. The number of hydrogen-bond donors (Lipinski definition) is 1. The van der Waals surface area contributed by atoms with Crippen LogP contribution in [-0.2, 0) is 11.3 Å². The van der Waals surface area contributed by atoms with E-state index in [9.17, 15) is 9.59 Å². The summed E-state index contributed by atoms with van der Waals surface area (Å²) in [5.74, 6) is 0.0408. The van der Waals surface area contributed by atoms with Crippen LogP contribution in [0.5, 0.6) is 0 Å². The van der Waals surface area contributed by atoms with Gasteiger partial charge in [-0.25, -0.2) is 9.78 Å². The second-order valence-corrected chi connectivity index (χ2v) is 6.17. The Morgan fingerprint density at radius 3 is 3.00 bits per heavy atom. The highest BCUT2D eigenvalue weighted by Crippen LogP contribution is 2.16. The molecule has 116 valence electrons. The standard InChI is InChI=1S/C14H22N4O2S/c1-3-4-5-11-13(19)17(2)7-8-18(11)14(20)16-10-12-15-6-9-21-12/h6,9,11H,3-5,7-8,10H2,1-2H3,(H,16,20)/t11-/m0/s1. The van der Waals surface area contributed by atoms with Gasteiger partial charge in [-0.1, -0.05) is 19.8 Å². The third-order valence-corrected chi connectivity index (χ3v) is 4.46. The van der Waals surface area contributed by atoms with Crippen LogP contribution in [0.15, 0.2) is 11.6 Å². The molecule has 0 bridgehead atoms. The molecule has 1 N–H and O–H groups in total. The zero-order valence-electron chi connectivity index (χ0n) is 12.5. The van der Waals surface area contributed by atoms with E-state index in [0.29, 0.717) is 19.6 Å². The monoisotopic (exact) mass is 310 g/mol. The van der Waals surface area contributed by atoms with Gasteiger partial charge in [-0.2, -0.15) is 0 Å². The number of likely N-dealkylation sites (N-methyl/N-ethyl adjacent to an activating group) is 1. The van der Waals surface area contributed by atoms with Crippen molar-refractivity contribution in [1.29, 1.82) is 0 Å². The molecule has 3 amide bonds. The van der Waals surface area contributed by atoms with Gasteiger partial charge in [0.1, 0.15) is 11.0 Å². The lowest BCUT2D eigenvalue weighted by Crippen LogP contribution is -2.59. The van der Waals surface area contributed by atoms with Crippen molar-refractivity contribution < 1.29 is 9.59 Å². The Kier molecular flexibility index (Phi) is 5.55. The molecule has 21 heavy (non-hydrogen) atoms. The lowest BCUT2D eigenvalue weighted by Gasteiger charge is -2.39. The summed E-state index contributed by atoms with van der Waals surface area (Å²) in [6.07, 6.45) is 4.41. The van der Waals surface area contributed by atoms with Crippen LogP contribution in [0.1, 0.15) is 31.2 Å². The quantitative estimate of drug-likeness (QED) is 0.900. The van der Waals surface area contributed by atoms with E-state index in [-0.39, 0.29) is 18.0 Å². The van der Waals surface area contributed by atoms with Crippen LogP contribution in [0, 0.1) is 0 Å². The minimum atomic E-state index is -0.333. The zero-order chi connectivity index (χ0) is 15.2. The largest absolute Gasteiger partial charge is 0.342 e. The number of unbranched alkanes of at least 4 members (excludes halogenated alkanes) is 1. The van der Waals surface area contributed by atoms with Gasteiger partial charge in [0.25, 0.3) is 0 Å². The van der Waals surface area contributed by atoms with E-state index < -0.39 is 0 Å². The molecule has 1 saturated heterocycles. The number of nitrogens with zero attached hydrogens (tertiary/aromatic N) is 3. The van der Waals surface area contributed by atoms with Crippen molar-refractivity contribution in [2.45, 2.75) is 38.8 Å². The van der Waals surface area contributed by atoms with Crippen molar-refractivity contribution in [3.63, 3.8) is 0 Å². The van der Waals surface area contributed by atoms with Gasteiger partial charge >= 0.3 is 6.03 Å². The second kappa shape index (κ2) is 7.40. The highest BCUT2D eigenvalue weighted by Gasteiger charge is 2.35. The minimum Gasteiger partial charge on any atom is -0.342 e. The van der Waals surface area contributed by atoms with E-state index >= 15 is 0 Å². The average molecular weight is 310 g/mol. The third-order valence-electron chi connectivity index (χ3n) is 3.68. The first-order valence-electron chi connectivity index (χ1n) is 7.31. The van der Waals surface area contributed by atoms with E-state index in [0.717, 1.165) is 24.3 Å². The molecule has 0 aliphatic carbocycles. The summed E-state index contributed by atoms with van der Waals surface area (Å²) < 4.78 is 0. The van der Waals surface area contributed by atoms with Gasteiger partial charge in [-0.05, 0) is 6.42 Å². The summed E-state index contributed by atoms with van der Waals surface area (Å²) in [4.78, 5) is 32.1. The summed E-state index contributed by atoms with van der Waals surface area (Å²) in [5, 5.41) is 5.61. The molecule has 1 aromatic heterocycles. The Hall–Kier alpha value is -1.63. The SMILES string of the molecule is CCCC[C@H]1C(=O)N(C)CCN1C(=O)NCc1nccs1. The molecule has 1 aliphatic rings. The van der Waals surface area contributed by atoms with Crippen molar-refractivity contribution in [1.82, 2.24) is 20.1 Å². The molecule has 1 aliphatic heterocycles. The number of piperazine rings is 1. The fraction of sp³-hybridized carbons (Fsp3) is 0.643. The lowest BCUT2D eigenvalue weighted by atomic mass is 10.0. The molecule has 6 nitrogen and oxygen atoms in total. The fourth-order valence-electron chi connectivity index (χ4n) is 2.42. The number of carbonyl (C=O) groups is 2. The zero-order valence-corrected chi connectivity index (χ0v) is 13.4.